The van der Waals surface area contributed by atoms with Gasteiger partial charge in [-0.3, -0.25) is 4.79 Å². The Hall–Kier alpha value is -1.96. The zero-order valence-electron chi connectivity index (χ0n) is 11.6. The second-order valence-corrected chi connectivity index (χ2v) is 4.88. The Morgan fingerprint density at radius 3 is 2.73 bits per heavy atom. The molecule has 0 aliphatic heterocycles. The summed E-state index contributed by atoms with van der Waals surface area (Å²) in [4.78, 5) is 15.7. The Morgan fingerprint density at radius 1 is 1.45 bits per heavy atom. The minimum Gasteiger partial charge on any atom is -0.465 e. The zero-order valence-corrected chi connectivity index (χ0v) is 12.4. The zero-order chi connectivity index (χ0) is 16.5. The summed E-state index contributed by atoms with van der Waals surface area (Å²) in [6.45, 7) is 3.40. The van der Waals surface area contributed by atoms with Crippen LogP contribution in [-0.2, 0) is 9.53 Å². The van der Waals surface area contributed by atoms with E-state index in [-0.39, 0.29) is 23.0 Å². The molecule has 1 unspecified atom stereocenters. The van der Waals surface area contributed by atoms with Crippen molar-refractivity contribution in [3.63, 3.8) is 0 Å². The van der Waals surface area contributed by atoms with E-state index in [9.17, 15) is 18.0 Å². The molecule has 0 bridgehead atoms. The van der Waals surface area contributed by atoms with Crippen LogP contribution in [0.3, 0.4) is 0 Å². The topological polar surface area (TPSA) is 52.8 Å². The van der Waals surface area contributed by atoms with Crippen molar-refractivity contribution >= 4 is 23.2 Å². The SMILES string of the molecule is CCOC(=O)C(C)c1cn2cc(Cl)cc(OC(F)(F)F)c2n1. The second-order valence-electron chi connectivity index (χ2n) is 4.44. The summed E-state index contributed by atoms with van der Waals surface area (Å²) in [7, 11) is 0. The number of hydrogen-bond donors (Lipinski definition) is 0. The van der Waals surface area contributed by atoms with E-state index in [1.54, 1.807) is 13.8 Å². The highest BCUT2D eigenvalue weighted by atomic mass is 35.5. The van der Waals surface area contributed by atoms with Crippen LogP contribution in [0.15, 0.2) is 18.5 Å². The van der Waals surface area contributed by atoms with E-state index in [0.29, 0.717) is 0 Å². The van der Waals surface area contributed by atoms with Crippen LogP contribution < -0.4 is 4.74 Å². The molecular formula is C13H12ClF3N2O3. The largest absolute Gasteiger partial charge is 0.573 e. The van der Waals surface area contributed by atoms with Crippen LogP contribution in [0, 0.1) is 0 Å². The average Bonchev–Trinajstić information content (AvgIpc) is 2.80. The molecule has 120 valence electrons. The number of halogens is 4. The lowest BCUT2D eigenvalue weighted by atomic mass is 10.1. The summed E-state index contributed by atoms with van der Waals surface area (Å²) in [5, 5.41) is 0.0412. The third-order valence-corrected chi connectivity index (χ3v) is 3.02. The first-order valence-corrected chi connectivity index (χ1v) is 6.69. The van der Waals surface area contributed by atoms with Gasteiger partial charge in [-0.05, 0) is 13.8 Å². The fourth-order valence-electron chi connectivity index (χ4n) is 1.85. The lowest BCUT2D eigenvalue weighted by Gasteiger charge is -2.09. The van der Waals surface area contributed by atoms with Gasteiger partial charge in [0.05, 0.1) is 23.2 Å². The summed E-state index contributed by atoms with van der Waals surface area (Å²) in [5.74, 6) is -1.78. The lowest BCUT2D eigenvalue weighted by Crippen LogP contribution is -2.17. The van der Waals surface area contributed by atoms with Gasteiger partial charge in [0, 0.05) is 18.5 Å². The number of rotatable bonds is 4. The van der Waals surface area contributed by atoms with Gasteiger partial charge >= 0.3 is 12.3 Å². The van der Waals surface area contributed by atoms with Gasteiger partial charge in [0.15, 0.2) is 11.4 Å². The van der Waals surface area contributed by atoms with Crippen molar-refractivity contribution in [3.05, 3.63) is 29.2 Å². The summed E-state index contributed by atoms with van der Waals surface area (Å²) in [6, 6.07) is 1.01. The molecule has 1 atom stereocenters. The maximum Gasteiger partial charge on any atom is 0.573 e. The average molecular weight is 337 g/mol. The first-order valence-electron chi connectivity index (χ1n) is 6.31. The Labute approximate surface area is 128 Å². The summed E-state index contributed by atoms with van der Waals surface area (Å²) < 4.78 is 47.3. The highest BCUT2D eigenvalue weighted by molar-refractivity contribution is 6.30. The molecule has 0 radical (unpaired) electrons. The first kappa shape index (κ1) is 16.4. The molecular weight excluding hydrogens is 325 g/mol. The number of alkyl halides is 3. The van der Waals surface area contributed by atoms with Crippen molar-refractivity contribution in [2.75, 3.05) is 6.61 Å². The van der Waals surface area contributed by atoms with E-state index >= 15 is 0 Å². The van der Waals surface area contributed by atoms with Gasteiger partial charge in [0.25, 0.3) is 0 Å². The van der Waals surface area contributed by atoms with E-state index in [1.165, 1.54) is 16.8 Å². The van der Waals surface area contributed by atoms with Crippen molar-refractivity contribution in [3.8, 4) is 5.75 Å². The smallest absolute Gasteiger partial charge is 0.465 e. The number of carbonyl (C=O) groups is 1. The molecule has 2 aromatic rings. The third kappa shape index (κ3) is 3.62. The Kier molecular flexibility index (Phi) is 4.50. The Balaban J connectivity index is 2.45. The van der Waals surface area contributed by atoms with Crippen LogP contribution in [0.1, 0.15) is 25.5 Å². The predicted molar refractivity (Wildman–Crippen MR) is 71.9 cm³/mol. The molecule has 2 rings (SSSR count). The van der Waals surface area contributed by atoms with Gasteiger partial charge < -0.3 is 13.9 Å². The molecule has 0 saturated carbocycles. The van der Waals surface area contributed by atoms with E-state index in [1.807, 2.05) is 0 Å². The van der Waals surface area contributed by atoms with Gasteiger partial charge in [0.1, 0.15) is 0 Å². The van der Waals surface area contributed by atoms with E-state index in [4.69, 9.17) is 16.3 Å². The molecule has 2 heterocycles. The van der Waals surface area contributed by atoms with Crippen molar-refractivity contribution in [2.24, 2.45) is 0 Å². The molecule has 22 heavy (non-hydrogen) atoms. The summed E-state index contributed by atoms with van der Waals surface area (Å²) in [6.07, 6.45) is -2.09. The molecule has 2 aromatic heterocycles. The Bertz CT molecular complexity index is 700. The van der Waals surface area contributed by atoms with Crippen LogP contribution in [0.4, 0.5) is 13.2 Å². The van der Waals surface area contributed by atoms with Crippen molar-refractivity contribution < 1.29 is 27.4 Å². The normalized spacial score (nSPS) is 13.2. The molecule has 0 spiro atoms. The van der Waals surface area contributed by atoms with Gasteiger partial charge in [-0.15, -0.1) is 13.2 Å². The lowest BCUT2D eigenvalue weighted by molar-refractivity contribution is -0.274. The quantitative estimate of drug-likeness (QED) is 0.801. The van der Waals surface area contributed by atoms with Crippen molar-refractivity contribution in [1.82, 2.24) is 9.38 Å². The monoisotopic (exact) mass is 336 g/mol. The Morgan fingerprint density at radius 2 is 2.14 bits per heavy atom. The maximum atomic E-state index is 12.4. The molecule has 0 aromatic carbocycles. The summed E-state index contributed by atoms with van der Waals surface area (Å²) in [5.41, 5.74) is 0.167. The number of nitrogens with zero attached hydrogens (tertiary/aromatic N) is 2. The van der Waals surface area contributed by atoms with Crippen LogP contribution in [0.5, 0.6) is 5.75 Å². The molecule has 0 aliphatic carbocycles. The highest BCUT2D eigenvalue weighted by Gasteiger charge is 2.33. The molecule has 0 saturated heterocycles. The number of esters is 1. The number of aromatic nitrogens is 2. The standard InChI is InChI=1S/C13H12ClF3N2O3/c1-3-21-12(20)7(2)9-6-19-5-8(14)4-10(11(19)18-9)22-13(15,16)17/h4-7H,3H2,1-2H3. The van der Waals surface area contributed by atoms with E-state index < -0.39 is 24.0 Å². The minimum absolute atomic E-state index is 0.0412. The molecule has 9 heteroatoms. The van der Waals surface area contributed by atoms with Crippen LogP contribution in [0.2, 0.25) is 5.02 Å². The molecule has 5 nitrogen and oxygen atoms in total. The number of imidazole rings is 1. The van der Waals surface area contributed by atoms with E-state index in [0.717, 1.165) is 6.07 Å². The van der Waals surface area contributed by atoms with Crippen LogP contribution in [-0.4, -0.2) is 28.3 Å². The molecule has 0 N–H and O–H groups in total. The maximum absolute atomic E-state index is 12.4. The third-order valence-electron chi connectivity index (χ3n) is 2.81. The van der Waals surface area contributed by atoms with Gasteiger partial charge in [-0.2, -0.15) is 0 Å². The van der Waals surface area contributed by atoms with Crippen LogP contribution >= 0.6 is 11.6 Å². The predicted octanol–water partition coefficient (Wildman–Crippen LogP) is 3.55. The number of pyridine rings is 1. The first-order chi connectivity index (χ1) is 10.2. The molecule has 0 aliphatic rings. The molecule has 0 amide bonds. The van der Waals surface area contributed by atoms with E-state index in [2.05, 4.69) is 9.72 Å². The van der Waals surface area contributed by atoms with Crippen LogP contribution in [0.25, 0.3) is 5.65 Å². The molecule has 0 fully saturated rings. The number of carbonyl (C=O) groups excluding carboxylic acids is 1. The fourth-order valence-corrected chi connectivity index (χ4v) is 2.05. The fraction of sp³-hybridized carbons (Fsp3) is 0.385. The van der Waals surface area contributed by atoms with Crippen molar-refractivity contribution in [1.29, 1.82) is 0 Å². The van der Waals surface area contributed by atoms with Gasteiger partial charge in [-0.25, -0.2) is 4.98 Å². The van der Waals surface area contributed by atoms with Gasteiger partial charge in [-0.1, -0.05) is 11.6 Å². The summed E-state index contributed by atoms with van der Waals surface area (Å²) >= 11 is 5.77. The second kappa shape index (κ2) is 6.04. The number of ether oxygens (including phenoxy) is 2. The highest BCUT2D eigenvalue weighted by Crippen LogP contribution is 2.30. The number of fused-ring (bicyclic) bond motifs is 1. The van der Waals surface area contributed by atoms with Crippen molar-refractivity contribution in [2.45, 2.75) is 26.1 Å². The van der Waals surface area contributed by atoms with Gasteiger partial charge in [0.2, 0.25) is 0 Å². The number of hydrogen-bond acceptors (Lipinski definition) is 4. The minimum atomic E-state index is -4.87.